The van der Waals surface area contributed by atoms with Gasteiger partial charge in [0.1, 0.15) is 11.4 Å². The monoisotopic (exact) mass is 288 g/mol. The van der Waals surface area contributed by atoms with Crippen LogP contribution in [-0.4, -0.2) is 35.7 Å². The van der Waals surface area contributed by atoms with Crippen LogP contribution in [0.5, 0.6) is 5.75 Å². The van der Waals surface area contributed by atoms with Gasteiger partial charge in [-0.05, 0) is 18.1 Å². The van der Waals surface area contributed by atoms with E-state index in [1.807, 2.05) is 24.3 Å². The first-order valence-electron chi connectivity index (χ1n) is 6.86. The summed E-state index contributed by atoms with van der Waals surface area (Å²) in [6.07, 6.45) is 4.02. The minimum Gasteiger partial charge on any atom is -0.496 e. The quantitative estimate of drug-likeness (QED) is 0.790. The summed E-state index contributed by atoms with van der Waals surface area (Å²) >= 11 is 0. The molecule has 21 heavy (non-hydrogen) atoms. The number of imidazole rings is 1. The summed E-state index contributed by atoms with van der Waals surface area (Å²) in [6.45, 7) is 1.70. The molecule has 3 N–H and O–H groups in total. The van der Waals surface area contributed by atoms with Gasteiger partial charge < -0.3 is 20.4 Å². The summed E-state index contributed by atoms with van der Waals surface area (Å²) in [5, 5.41) is 2.85. The molecule has 1 aromatic heterocycles. The molecule has 1 aromatic carbocycles. The van der Waals surface area contributed by atoms with Gasteiger partial charge in [-0.3, -0.25) is 4.79 Å². The Kier molecular flexibility index (Phi) is 5.34. The Hall–Kier alpha value is -2.34. The summed E-state index contributed by atoms with van der Waals surface area (Å²) in [7, 11) is 1.64. The van der Waals surface area contributed by atoms with E-state index in [1.54, 1.807) is 24.2 Å². The third-order valence-corrected chi connectivity index (χ3v) is 3.13. The first-order chi connectivity index (χ1) is 10.2. The number of hydrogen-bond donors (Lipinski definition) is 2. The molecule has 0 unspecified atom stereocenters. The number of amides is 1. The number of carbonyl (C=O) groups is 1. The van der Waals surface area contributed by atoms with Gasteiger partial charge in [0.25, 0.3) is 5.91 Å². The molecule has 1 heterocycles. The number of nitrogens with one attached hydrogen (secondary N) is 1. The molecule has 0 aliphatic carbocycles. The normalized spacial score (nSPS) is 10.4. The molecule has 0 aliphatic heterocycles. The molecule has 112 valence electrons. The number of nitrogens with zero attached hydrogens (tertiary/aromatic N) is 2. The van der Waals surface area contributed by atoms with Gasteiger partial charge in [-0.15, -0.1) is 0 Å². The second-order valence-electron chi connectivity index (χ2n) is 4.60. The van der Waals surface area contributed by atoms with E-state index in [2.05, 4.69) is 10.3 Å². The number of aromatic nitrogens is 2. The number of benzene rings is 1. The number of nitrogens with two attached hydrogens (primary N) is 1. The molecule has 0 atom stereocenters. The Bertz CT molecular complexity index is 595. The highest BCUT2D eigenvalue weighted by molar-refractivity contribution is 5.91. The van der Waals surface area contributed by atoms with E-state index in [-0.39, 0.29) is 5.91 Å². The van der Waals surface area contributed by atoms with Gasteiger partial charge in [0.05, 0.1) is 13.4 Å². The van der Waals surface area contributed by atoms with Gasteiger partial charge >= 0.3 is 0 Å². The van der Waals surface area contributed by atoms with E-state index >= 15 is 0 Å². The minimum absolute atomic E-state index is 0.180. The zero-order chi connectivity index (χ0) is 15.1. The van der Waals surface area contributed by atoms with Crippen molar-refractivity contribution in [3.05, 3.63) is 48.0 Å². The van der Waals surface area contributed by atoms with Crippen LogP contribution >= 0.6 is 0 Å². The molecular weight excluding hydrogens is 268 g/mol. The molecule has 0 bridgehead atoms. The Morgan fingerprint density at radius 3 is 3.00 bits per heavy atom. The average molecular weight is 288 g/mol. The molecule has 6 nitrogen and oxygen atoms in total. The first kappa shape index (κ1) is 15.1. The summed E-state index contributed by atoms with van der Waals surface area (Å²) in [5.41, 5.74) is 6.93. The van der Waals surface area contributed by atoms with Crippen molar-refractivity contribution in [1.82, 2.24) is 14.9 Å². The van der Waals surface area contributed by atoms with Crippen LogP contribution in [0.25, 0.3) is 0 Å². The molecule has 0 saturated carbocycles. The second-order valence-corrected chi connectivity index (χ2v) is 4.60. The minimum atomic E-state index is -0.180. The maximum absolute atomic E-state index is 12.0. The molecule has 0 fully saturated rings. The molecule has 0 radical (unpaired) electrons. The predicted octanol–water partition coefficient (Wildman–Crippen LogP) is 0.823. The van der Waals surface area contributed by atoms with Crippen LogP contribution in [0, 0.1) is 0 Å². The Balaban J connectivity index is 1.86. The summed E-state index contributed by atoms with van der Waals surface area (Å²) in [6, 6.07) is 7.77. The van der Waals surface area contributed by atoms with E-state index in [9.17, 15) is 4.79 Å². The number of methoxy groups -OCH3 is 1. The van der Waals surface area contributed by atoms with Gasteiger partial charge in [0.15, 0.2) is 0 Å². The lowest BCUT2D eigenvalue weighted by atomic mass is 10.1. The predicted molar refractivity (Wildman–Crippen MR) is 80.3 cm³/mol. The topological polar surface area (TPSA) is 82.2 Å². The van der Waals surface area contributed by atoms with Gasteiger partial charge in [0.2, 0.25) is 0 Å². The maximum atomic E-state index is 12.0. The van der Waals surface area contributed by atoms with Crippen LogP contribution < -0.4 is 15.8 Å². The van der Waals surface area contributed by atoms with E-state index in [0.29, 0.717) is 31.7 Å². The molecule has 0 saturated heterocycles. The SMILES string of the molecule is COc1ccccc1CCNC(=O)c1cn(CCN)cn1. The van der Waals surface area contributed by atoms with Crippen LogP contribution in [0.3, 0.4) is 0 Å². The number of ether oxygens (including phenoxy) is 1. The Morgan fingerprint density at radius 1 is 1.43 bits per heavy atom. The number of para-hydroxylation sites is 1. The number of rotatable bonds is 7. The smallest absolute Gasteiger partial charge is 0.271 e. The van der Waals surface area contributed by atoms with Crippen LogP contribution in [0.2, 0.25) is 0 Å². The summed E-state index contributed by atoms with van der Waals surface area (Å²) in [5.74, 6) is 0.652. The van der Waals surface area contributed by atoms with Crippen LogP contribution in [0.1, 0.15) is 16.1 Å². The highest BCUT2D eigenvalue weighted by atomic mass is 16.5. The largest absolute Gasteiger partial charge is 0.496 e. The van der Waals surface area contributed by atoms with Gasteiger partial charge in [0, 0.05) is 25.8 Å². The molecule has 0 spiro atoms. The molecule has 6 heteroatoms. The molecule has 1 amide bonds. The van der Waals surface area contributed by atoms with Gasteiger partial charge in [-0.2, -0.15) is 0 Å². The van der Waals surface area contributed by atoms with Crippen molar-refractivity contribution in [2.24, 2.45) is 5.73 Å². The molecule has 0 aliphatic rings. The van der Waals surface area contributed by atoms with Crippen molar-refractivity contribution >= 4 is 5.91 Å². The standard InChI is InChI=1S/C15H20N4O2/c1-21-14-5-3-2-4-12(14)6-8-17-15(20)13-10-19(9-7-16)11-18-13/h2-5,10-11H,6-9,16H2,1H3,(H,17,20). The zero-order valence-corrected chi connectivity index (χ0v) is 12.1. The number of hydrogen-bond acceptors (Lipinski definition) is 4. The third kappa shape index (κ3) is 4.06. The van der Waals surface area contributed by atoms with E-state index < -0.39 is 0 Å². The van der Waals surface area contributed by atoms with Gasteiger partial charge in [-0.25, -0.2) is 4.98 Å². The third-order valence-electron chi connectivity index (χ3n) is 3.13. The fourth-order valence-electron chi connectivity index (χ4n) is 2.06. The van der Waals surface area contributed by atoms with Crippen molar-refractivity contribution in [3.63, 3.8) is 0 Å². The Morgan fingerprint density at radius 2 is 2.24 bits per heavy atom. The summed E-state index contributed by atoms with van der Waals surface area (Å²) in [4.78, 5) is 16.0. The lowest BCUT2D eigenvalue weighted by Gasteiger charge is -2.08. The van der Waals surface area contributed by atoms with E-state index in [0.717, 1.165) is 11.3 Å². The lowest BCUT2D eigenvalue weighted by Crippen LogP contribution is -2.26. The van der Waals surface area contributed by atoms with E-state index in [4.69, 9.17) is 10.5 Å². The second kappa shape index (κ2) is 7.44. The highest BCUT2D eigenvalue weighted by Gasteiger charge is 2.09. The van der Waals surface area contributed by atoms with Crippen molar-refractivity contribution in [1.29, 1.82) is 0 Å². The van der Waals surface area contributed by atoms with Crippen molar-refractivity contribution in [2.45, 2.75) is 13.0 Å². The summed E-state index contributed by atoms with van der Waals surface area (Å²) < 4.78 is 7.08. The van der Waals surface area contributed by atoms with Crippen molar-refractivity contribution in [2.75, 3.05) is 20.2 Å². The Labute approximate surface area is 123 Å². The molecule has 2 aromatic rings. The fraction of sp³-hybridized carbons (Fsp3) is 0.333. The molecular formula is C15H20N4O2. The lowest BCUT2D eigenvalue weighted by molar-refractivity contribution is 0.0949. The van der Waals surface area contributed by atoms with Crippen molar-refractivity contribution < 1.29 is 9.53 Å². The van der Waals surface area contributed by atoms with Gasteiger partial charge in [-0.1, -0.05) is 18.2 Å². The average Bonchev–Trinajstić information content (AvgIpc) is 2.97. The molecule has 2 rings (SSSR count). The van der Waals surface area contributed by atoms with Crippen LogP contribution in [-0.2, 0) is 13.0 Å². The maximum Gasteiger partial charge on any atom is 0.271 e. The van der Waals surface area contributed by atoms with Crippen LogP contribution in [0.4, 0.5) is 0 Å². The highest BCUT2D eigenvalue weighted by Crippen LogP contribution is 2.17. The zero-order valence-electron chi connectivity index (χ0n) is 12.1. The van der Waals surface area contributed by atoms with Crippen molar-refractivity contribution in [3.8, 4) is 5.75 Å². The van der Waals surface area contributed by atoms with Crippen LogP contribution in [0.15, 0.2) is 36.8 Å². The van der Waals surface area contributed by atoms with E-state index in [1.165, 1.54) is 0 Å². The first-order valence-corrected chi connectivity index (χ1v) is 6.86. The number of carbonyl (C=O) groups excluding carboxylic acids is 1. The fourth-order valence-corrected chi connectivity index (χ4v) is 2.06.